The van der Waals surface area contributed by atoms with E-state index in [0.717, 1.165) is 0 Å². The molecule has 0 saturated carbocycles. The predicted molar refractivity (Wildman–Crippen MR) is 110 cm³/mol. The Morgan fingerprint density at radius 2 is 1.57 bits per heavy atom. The maximum absolute atomic E-state index is 12.5. The molecule has 140 valence electrons. The zero-order valence-electron chi connectivity index (χ0n) is 14.3. The molecule has 0 aliphatic carbocycles. The number of ether oxygens (including phenoxy) is 1. The van der Waals surface area contributed by atoms with Gasteiger partial charge in [-0.15, -0.1) is 0 Å². The van der Waals surface area contributed by atoms with Crippen molar-refractivity contribution in [3.63, 3.8) is 0 Å². The highest BCUT2D eigenvalue weighted by molar-refractivity contribution is 6.42. The summed E-state index contributed by atoms with van der Waals surface area (Å²) in [5.41, 5.74) is 1.80. The van der Waals surface area contributed by atoms with Crippen LogP contribution in [0.25, 0.3) is 0 Å². The van der Waals surface area contributed by atoms with Crippen molar-refractivity contribution in [2.75, 3.05) is 16.0 Å². The minimum absolute atomic E-state index is 0.309. The van der Waals surface area contributed by atoms with Gasteiger partial charge in [0.15, 0.2) is 5.75 Å². The maximum atomic E-state index is 12.5. The quantitative estimate of drug-likeness (QED) is 0.482. The van der Waals surface area contributed by atoms with Crippen LogP contribution in [0.3, 0.4) is 0 Å². The fraction of sp³-hybridized carbons (Fsp3) is 0. The molecule has 8 heteroatoms. The second-order valence-electron chi connectivity index (χ2n) is 5.97. The van der Waals surface area contributed by atoms with Gasteiger partial charge in [-0.05, 0) is 48.5 Å². The van der Waals surface area contributed by atoms with E-state index in [1.165, 1.54) is 0 Å². The van der Waals surface area contributed by atoms with Crippen molar-refractivity contribution in [1.82, 2.24) is 0 Å². The normalized spacial score (nSPS) is 12.0. The summed E-state index contributed by atoms with van der Waals surface area (Å²) in [7, 11) is 0. The van der Waals surface area contributed by atoms with Gasteiger partial charge < -0.3 is 20.7 Å². The van der Waals surface area contributed by atoms with E-state index in [0.29, 0.717) is 44.2 Å². The molecule has 0 unspecified atom stereocenters. The fourth-order valence-electron chi connectivity index (χ4n) is 2.71. The lowest BCUT2D eigenvalue weighted by atomic mass is 10.1. The van der Waals surface area contributed by atoms with Crippen LogP contribution in [0, 0.1) is 0 Å². The van der Waals surface area contributed by atoms with Crippen LogP contribution < -0.4 is 20.7 Å². The Hall–Kier alpha value is -3.22. The lowest BCUT2D eigenvalue weighted by Crippen LogP contribution is -2.20. The standard InChI is InChI=1S/C20H13Cl2N3O3/c21-14-7-5-12(10-15(14)22)24-20(27)23-11-6-8-17-13(9-11)19(26)25-16-3-1-2-4-18(16)28-17/h1-10H,(H,25,26)(H2,23,24,27). The van der Waals surface area contributed by atoms with Crippen LogP contribution in [0.1, 0.15) is 10.4 Å². The summed E-state index contributed by atoms with van der Waals surface area (Å²) in [6.07, 6.45) is 0. The van der Waals surface area contributed by atoms with E-state index in [9.17, 15) is 9.59 Å². The Labute approximate surface area is 170 Å². The zero-order valence-corrected chi connectivity index (χ0v) is 15.8. The van der Waals surface area contributed by atoms with Crippen LogP contribution >= 0.6 is 23.2 Å². The monoisotopic (exact) mass is 413 g/mol. The number of amides is 3. The highest BCUT2D eigenvalue weighted by Gasteiger charge is 2.21. The Morgan fingerprint density at radius 3 is 2.36 bits per heavy atom. The lowest BCUT2D eigenvalue weighted by Gasteiger charge is -2.11. The van der Waals surface area contributed by atoms with Crippen LogP contribution in [0.15, 0.2) is 60.7 Å². The smallest absolute Gasteiger partial charge is 0.323 e. The van der Waals surface area contributed by atoms with Gasteiger partial charge in [0.05, 0.1) is 21.3 Å². The van der Waals surface area contributed by atoms with Gasteiger partial charge in [0.25, 0.3) is 5.91 Å². The third-order valence-corrected chi connectivity index (χ3v) is 4.75. The second-order valence-corrected chi connectivity index (χ2v) is 6.79. The number of anilines is 3. The molecule has 4 rings (SSSR count). The Balaban J connectivity index is 1.53. The average molecular weight is 414 g/mol. The second kappa shape index (κ2) is 7.42. The molecule has 0 bridgehead atoms. The average Bonchev–Trinajstić information content (AvgIpc) is 2.80. The van der Waals surface area contributed by atoms with Crippen LogP contribution in [0.4, 0.5) is 21.9 Å². The third-order valence-electron chi connectivity index (χ3n) is 4.01. The minimum atomic E-state index is -0.489. The summed E-state index contributed by atoms with van der Waals surface area (Å²) in [5, 5.41) is 8.84. The van der Waals surface area contributed by atoms with Gasteiger partial charge in [-0.1, -0.05) is 35.3 Å². The first-order valence-electron chi connectivity index (χ1n) is 8.25. The summed E-state index contributed by atoms with van der Waals surface area (Å²) in [5.74, 6) is 0.624. The molecule has 1 aliphatic rings. The van der Waals surface area contributed by atoms with Gasteiger partial charge in [0, 0.05) is 11.4 Å². The number of benzene rings is 3. The predicted octanol–water partition coefficient (Wildman–Crippen LogP) is 6.00. The number of carbonyl (C=O) groups is 2. The highest BCUT2D eigenvalue weighted by Crippen LogP contribution is 2.36. The summed E-state index contributed by atoms with van der Waals surface area (Å²) < 4.78 is 5.81. The summed E-state index contributed by atoms with van der Waals surface area (Å²) in [4.78, 5) is 24.8. The van der Waals surface area contributed by atoms with Crippen molar-refractivity contribution in [1.29, 1.82) is 0 Å². The molecular weight excluding hydrogens is 401 g/mol. The van der Waals surface area contributed by atoms with Gasteiger partial charge in [-0.3, -0.25) is 4.79 Å². The van der Waals surface area contributed by atoms with E-state index < -0.39 is 6.03 Å². The number of nitrogens with one attached hydrogen (secondary N) is 3. The molecule has 3 amide bonds. The van der Waals surface area contributed by atoms with Crippen molar-refractivity contribution >= 4 is 52.2 Å². The highest BCUT2D eigenvalue weighted by atomic mass is 35.5. The molecule has 3 N–H and O–H groups in total. The van der Waals surface area contributed by atoms with Gasteiger partial charge in [0.1, 0.15) is 5.75 Å². The molecule has 0 spiro atoms. The number of para-hydroxylation sites is 2. The van der Waals surface area contributed by atoms with Gasteiger partial charge in [0.2, 0.25) is 0 Å². The summed E-state index contributed by atoms with van der Waals surface area (Å²) in [6, 6.07) is 16.2. The van der Waals surface area contributed by atoms with E-state index in [1.807, 2.05) is 6.07 Å². The largest absolute Gasteiger partial charge is 0.454 e. The van der Waals surface area contributed by atoms with E-state index >= 15 is 0 Å². The minimum Gasteiger partial charge on any atom is -0.454 e. The molecule has 3 aromatic rings. The Kier molecular flexibility index (Phi) is 4.81. The number of hydrogen-bond acceptors (Lipinski definition) is 3. The molecule has 0 radical (unpaired) electrons. The number of hydrogen-bond donors (Lipinski definition) is 3. The topological polar surface area (TPSA) is 79.5 Å². The van der Waals surface area contributed by atoms with Crippen LogP contribution in [-0.4, -0.2) is 11.9 Å². The van der Waals surface area contributed by atoms with E-state index in [4.69, 9.17) is 27.9 Å². The van der Waals surface area contributed by atoms with Crippen LogP contribution in [0.2, 0.25) is 10.0 Å². The van der Waals surface area contributed by atoms with Crippen LogP contribution in [0.5, 0.6) is 11.5 Å². The molecule has 0 fully saturated rings. The van der Waals surface area contributed by atoms with Gasteiger partial charge in [-0.25, -0.2) is 4.79 Å². The number of rotatable bonds is 2. The third kappa shape index (κ3) is 3.74. The van der Waals surface area contributed by atoms with E-state index in [1.54, 1.807) is 54.6 Å². The van der Waals surface area contributed by atoms with Crippen molar-refractivity contribution in [2.24, 2.45) is 0 Å². The fourth-order valence-corrected chi connectivity index (χ4v) is 3.01. The molecular formula is C20H13Cl2N3O3. The summed E-state index contributed by atoms with van der Waals surface area (Å²) >= 11 is 11.8. The molecule has 1 aliphatic heterocycles. The van der Waals surface area contributed by atoms with Crippen molar-refractivity contribution in [2.45, 2.75) is 0 Å². The van der Waals surface area contributed by atoms with E-state index in [-0.39, 0.29) is 5.91 Å². The molecule has 6 nitrogen and oxygen atoms in total. The number of carbonyl (C=O) groups excluding carboxylic acids is 2. The first-order chi connectivity index (χ1) is 13.5. The summed E-state index contributed by atoms with van der Waals surface area (Å²) in [6.45, 7) is 0. The first-order valence-corrected chi connectivity index (χ1v) is 9.00. The molecule has 0 saturated heterocycles. The van der Waals surface area contributed by atoms with Crippen molar-refractivity contribution in [3.05, 3.63) is 76.3 Å². The molecule has 1 heterocycles. The Bertz CT molecular complexity index is 1100. The van der Waals surface area contributed by atoms with Crippen molar-refractivity contribution in [3.8, 4) is 11.5 Å². The lowest BCUT2D eigenvalue weighted by molar-refractivity contribution is 0.102. The number of fused-ring (bicyclic) bond motifs is 2. The molecule has 0 aromatic heterocycles. The SMILES string of the molecule is O=C(Nc1ccc(Cl)c(Cl)c1)Nc1ccc2c(c1)C(=O)Nc1ccccc1O2. The van der Waals surface area contributed by atoms with Crippen molar-refractivity contribution < 1.29 is 14.3 Å². The number of halogens is 2. The first kappa shape index (κ1) is 18.2. The Morgan fingerprint density at radius 1 is 0.857 bits per heavy atom. The van der Waals surface area contributed by atoms with Gasteiger partial charge >= 0.3 is 6.03 Å². The van der Waals surface area contributed by atoms with Crippen LogP contribution in [-0.2, 0) is 0 Å². The maximum Gasteiger partial charge on any atom is 0.323 e. The molecule has 28 heavy (non-hydrogen) atoms. The van der Waals surface area contributed by atoms with Gasteiger partial charge in [-0.2, -0.15) is 0 Å². The molecule has 3 aromatic carbocycles. The van der Waals surface area contributed by atoms with E-state index in [2.05, 4.69) is 16.0 Å². The molecule has 0 atom stereocenters. The number of urea groups is 1. The zero-order chi connectivity index (χ0) is 19.7.